The maximum atomic E-state index is 12.5. The van der Waals surface area contributed by atoms with Gasteiger partial charge in [-0.25, -0.2) is 4.79 Å². The number of benzene rings is 2. The molecule has 0 N–H and O–H groups in total. The molecule has 0 atom stereocenters. The molecule has 1 heterocycles. The summed E-state index contributed by atoms with van der Waals surface area (Å²) in [5.41, 5.74) is 0.705. The zero-order valence-electron chi connectivity index (χ0n) is 16.9. The Balaban J connectivity index is 1.54. The number of methoxy groups -OCH3 is 2. The van der Waals surface area contributed by atoms with Gasteiger partial charge < -0.3 is 18.9 Å². The highest BCUT2D eigenvalue weighted by atomic mass is 16.6. The van der Waals surface area contributed by atoms with Crippen molar-refractivity contribution in [1.29, 1.82) is 0 Å². The number of ether oxygens (including phenoxy) is 4. The van der Waals surface area contributed by atoms with Gasteiger partial charge in [0.25, 0.3) is 11.8 Å². The molecule has 0 fully saturated rings. The lowest BCUT2D eigenvalue weighted by Crippen LogP contribution is -2.31. The zero-order chi connectivity index (χ0) is 21.5. The van der Waals surface area contributed by atoms with Crippen molar-refractivity contribution in [1.82, 2.24) is 4.90 Å². The molecule has 0 unspecified atom stereocenters. The van der Waals surface area contributed by atoms with E-state index in [-0.39, 0.29) is 42.4 Å². The van der Waals surface area contributed by atoms with Gasteiger partial charge in [-0.2, -0.15) is 0 Å². The second-order valence-corrected chi connectivity index (χ2v) is 6.53. The second kappa shape index (κ2) is 9.89. The van der Waals surface area contributed by atoms with Crippen LogP contribution in [0.15, 0.2) is 42.5 Å². The number of hydrogen-bond acceptors (Lipinski definition) is 7. The molecule has 2 aromatic rings. The van der Waals surface area contributed by atoms with Crippen LogP contribution in [0.4, 0.5) is 0 Å². The molecule has 2 aromatic carbocycles. The molecule has 0 spiro atoms. The fourth-order valence-electron chi connectivity index (χ4n) is 3.04. The maximum absolute atomic E-state index is 12.5. The van der Waals surface area contributed by atoms with Crippen LogP contribution in [0.5, 0.6) is 11.5 Å². The molecule has 2 amide bonds. The highest BCUT2D eigenvalue weighted by Gasteiger charge is 2.35. The first-order valence-electron chi connectivity index (χ1n) is 9.48. The summed E-state index contributed by atoms with van der Waals surface area (Å²) in [7, 11) is 3.14. The smallest absolute Gasteiger partial charge is 0.338 e. The Kier molecular flexibility index (Phi) is 7.03. The molecule has 0 radical (unpaired) electrons. The first-order valence-corrected chi connectivity index (χ1v) is 9.48. The fourth-order valence-corrected chi connectivity index (χ4v) is 3.04. The van der Waals surface area contributed by atoms with E-state index >= 15 is 0 Å². The van der Waals surface area contributed by atoms with Gasteiger partial charge in [0.1, 0.15) is 24.7 Å². The molecule has 8 heteroatoms. The van der Waals surface area contributed by atoms with Gasteiger partial charge in [-0.3, -0.25) is 14.5 Å². The monoisotopic (exact) mass is 413 g/mol. The summed E-state index contributed by atoms with van der Waals surface area (Å²) in [6.07, 6.45) is 0.547. The Hall–Kier alpha value is -3.39. The summed E-state index contributed by atoms with van der Waals surface area (Å²) in [6, 6.07) is 11.4. The Morgan fingerprint density at radius 3 is 2.27 bits per heavy atom. The summed E-state index contributed by atoms with van der Waals surface area (Å²) in [4.78, 5) is 38.4. The van der Waals surface area contributed by atoms with Gasteiger partial charge in [-0.1, -0.05) is 0 Å². The van der Waals surface area contributed by atoms with Crippen molar-refractivity contribution in [3.63, 3.8) is 0 Å². The minimum atomic E-state index is -0.589. The molecule has 30 heavy (non-hydrogen) atoms. The summed E-state index contributed by atoms with van der Waals surface area (Å²) >= 11 is 0. The summed E-state index contributed by atoms with van der Waals surface area (Å²) in [6.45, 7) is 0.928. The molecule has 1 aliphatic rings. The molecule has 0 bridgehead atoms. The van der Waals surface area contributed by atoms with Gasteiger partial charge in [0.15, 0.2) is 0 Å². The van der Waals surface area contributed by atoms with E-state index in [1.165, 1.54) is 23.1 Å². The SMILES string of the molecule is COCCCN1C(=O)c2ccc(C(=O)OCCOc3ccc(OC)cc3)cc2C1=O. The van der Waals surface area contributed by atoms with E-state index in [0.717, 1.165) is 5.75 Å². The third-order valence-electron chi connectivity index (χ3n) is 4.58. The molecular weight excluding hydrogens is 390 g/mol. The first kappa shape index (κ1) is 21.3. The highest BCUT2D eigenvalue weighted by Crippen LogP contribution is 2.24. The topological polar surface area (TPSA) is 91.4 Å². The van der Waals surface area contributed by atoms with Crippen LogP contribution in [-0.4, -0.2) is 63.3 Å². The van der Waals surface area contributed by atoms with Crippen LogP contribution in [0, 0.1) is 0 Å². The number of imide groups is 1. The molecule has 0 aliphatic carbocycles. The molecule has 0 aromatic heterocycles. The summed E-state index contributed by atoms with van der Waals surface area (Å²) in [5, 5.41) is 0. The van der Waals surface area contributed by atoms with E-state index in [0.29, 0.717) is 18.8 Å². The maximum Gasteiger partial charge on any atom is 0.338 e. The molecular formula is C22H23NO7. The Labute approximate surface area is 174 Å². The van der Waals surface area contributed by atoms with E-state index in [9.17, 15) is 14.4 Å². The van der Waals surface area contributed by atoms with Crippen molar-refractivity contribution in [2.75, 3.05) is 40.6 Å². The van der Waals surface area contributed by atoms with E-state index in [1.807, 2.05) is 0 Å². The van der Waals surface area contributed by atoms with E-state index in [4.69, 9.17) is 18.9 Å². The largest absolute Gasteiger partial charge is 0.497 e. The highest BCUT2D eigenvalue weighted by molar-refractivity contribution is 6.21. The third kappa shape index (κ3) is 4.77. The van der Waals surface area contributed by atoms with E-state index < -0.39 is 11.9 Å². The van der Waals surface area contributed by atoms with Crippen LogP contribution in [-0.2, 0) is 9.47 Å². The number of fused-ring (bicyclic) bond motifs is 1. The summed E-state index contributed by atoms with van der Waals surface area (Å²) < 4.78 is 20.7. The van der Waals surface area contributed by atoms with E-state index in [1.54, 1.807) is 38.5 Å². The van der Waals surface area contributed by atoms with Crippen LogP contribution in [0.2, 0.25) is 0 Å². The standard InChI is InChI=1S/C22H23NO7/c1-27-11-3-10-23-20(24)18-9-4-15(14-19(18)21(23)25)22(26)30-13-12-29-17-7-5-16(28-2)6-8-17/h4-9,14H,3,10-13H2,1-2H3. The van der Waals surface area contributed by atoms with Gasteiger partial charge in [0.05, 0.1) is 23.8 Å². The lowest BCUT2D eigenvalue weighted by atomic mass is 10.1. The predicted octanol–water partition coefficient (Wildman–Crippen LogP) is 2.56. The van der Waals surface area contributed by atoms with Crippen LogP contribution in [0.25, 0.3) is 0 Å². The van der Waals surface area contributed by atoms with Crippen molar-refractivity contribution in [2.24, 2.45) is 0 Å². The van der Waals surface area contributed by atoms with Crippen LogP contribution < -0.4 is 9.47 Å². The van der Waals surface area contributed by atoms with Gasteiger partial charge in [0, 0.05) is 20.3 Å². The molecule has 3 rings (SSSR count). The molecule has 158 valence electrons. The van der Waals surface area contributed by atoms with Gasteiger partial charge in [-0.05, 0) is 48.9 Å². The first-order chi connectivity index (χ1) is 14.5. The second-order valence-electron chi connectivity index (χ2n) is 6.53. The average Bonchev–Trinajstić information content (AvgIpc) is 3.01. The number of amides is 2. The van der Waals surface area contributed by atoms with Gasteiger partial charge >= 0.3 is 5.97 Å². The minimum Gasteiger partial charge on any atom is -0.497 e. The molecule has 1 aliphatic heterocycles. The Bertz CT molecular complexity index is 924. The van der Waals surface area contributed by atoms with Crippen LogP contribution >= 0.6 is 0 Å². The van der Waals surface area contributed by atoms with Gasteiger partial charge in [0.2, 0.25) is 0 Å². The quantitative estimate of drug-likeness (QED) is 0.336. The Morgan fingerprint density at radius 2 is 1.57 bits per heavy atom. The molecule has 0 saturated heterocycles. The number of carbonyl (C=O) groups excluding carboxylic acids is 3. The number of carbonyl (C=O) groups is 3. The van der Waals surface area contributed by atoms with Crippen molar-refractivity contribution in [2.45, 2.75) is 6.42 Å². The molecule has 8 nitrogen and oxygen atoms in total. The van der Waals surface area contributed by atoms with Crippen LogP contribution in [0.3, 0.4) is 0 Å². The summed E-state index contributed by atoms with van der Waals surface area (Å²) in [5.74, 6) is -0.0190. The third-order valence-corrected chi connectivity index (χ3v) is 4.58. The van der Waals surface area contributed by atoms with Gasteiger partial charge in [-0.15, -0.1) is 0 Å². The van der Waals surface area contributed by atoms with Crippen molar-refractivity contribution < 1.29 is 33.3 Å². The normalized spacial score (nSPS) is 12.7. The van der Waals surface area contributed by atoms with Crippen molar-refractivity contribution in [3.05, 3.63) is 59.2 Å². The fraction of sp³-hybridized carbons (Fsp3) is 0.318. The van der Waals surface area contributed by atoms with Crippen molar-refractivity contribution >= 4 is 17.8 Å². The lowest BCUT2D eigenvalue weighted by Gasteiger charge is -2.12. The van der Waals surface area contributed by atoms with E-state index in [2.05, 4.69) is 0 Å². The predicted molar refractivity (Wildman–Crippen MR) is 107 cm³/mol. The number of hydrogen-bond donors (Lipinski definition) is 0. The minimum absolute atomic E-state index is 0.0396. The number of rotatable bonds is 10. The lowest BCUT2D eigenvalue weighted by molar-refractivity contribution is 0.0450. The average molecular weight is 413 g/mol. The van der Waals surface area contributed by atoms with Crippen molar-refractivity contribution in [3.8, 4) is 11.5 Å². The van der Waals surface area contributed by atoms with Crippen LogP contribution in [0.1, 0.15) is 37.5 Å². The zero-order valence-corrected chi connectivity index (χ0v) is 16.9. The Morgan fingerprint density at radius 1 is 0.867 bits per heavy atom. The molecule has 0 saturated carbocycles. The number of esters is 1. The number of nitrogens with zero attached hydrogens (tertiary/aromatic N) is 1.